The Bertz CT molecular complexity index is 492. The van der Waals surface area contributed by atoms with Crippen LogP contribution in [0.25, 0.3) is 0 Å². The molecule has 126 valence electrons. The Balaban J connectivity index is 3.34. The van der Waals surface area contributed by atoms with E-state index in [4.69, 9.17) is 0 Å². The number of hydrogen-bond donors (Lipinski definition) is 0. The van der Waals surface area contributed by atoms with Crippen LogP contribution in [0.1, 0.15) is 19.8 Å². The van der Waals surface area contributed by atoms with Gasteiger partial charge in [0.05, 0.1) is 0 Å². The third kappa shape index (κ3) is 2.49. The van der Waals surface area contributed by atoms with Gasteiger partial charge in [0.15, 0.2) is 0 Å². The lowest BCUT2D eigenvalue weighted by molar-refractivity contribution is -0.343. The number of alkyl halides is 8. The SMILES string of the molecule is CC(F)(F)C(F)(F)C(F)(F)C(F)(F)S(=O)(=O)N1CCCC1. The van der Waals surface area contributed by atoms with Crippen LogP contribution in [0.15, 0.2) is 0 Å². The monoisotopic (exact) mass is 349 g/mol. The maximum Gasteiger partial charge on any atom is 0.427 e. The van der Waals surface area contributed by atoms with Crippen molar-refractivity contribution in [2.75, 3.05) is 13.1 Å². The van der Waals surface area contributed by atoms with Crippen LogP contribution >= 0.6 is 0 Å². The van der Waals surface area contributed by atoms with E-state index < -0.39 is 53.1 Å². The summed E-state index contributed by atoms with van der Waals surface area (Å²) in [5, 5.41) is -6.37. The Morgan fingerprint density at radius 1 is 0.810 bits per heavy atom. The van der Waals surface area contributed by atoms with E-state index in [0.29, 0.717) is 0 Å². The summed E-state index contributed by atoms with van der Waals surface area (Å²) in [6.45, 7) is -1.83. The van der Waals surface area contributed by atoms with Crippen LogP contribution in [-0.2, 0) is 10.0 Å². The first-order valence-electron chi connectivity index (χ1n) is 5.61. The summed E-state index contributed by atoms with van der Waals surface area (Å²) in [6.07, 6.45) is 0.141. The van der Waals surface area contributed by atoms with Crippen molar-refractivity contribution < 1.29 is 43.5 Å². The number of halogens is 8. The summed E-state index contributed by atoms with van der Waals surface area (Å²) in [5.41, 5.74) is 0. The molecule has 12 heteroatoms. The molecule has 0 saturated carbocycles. The summed E-state index contributed by atoms with van der Waals surface area (Å²) in [7, 11) is -6.20. The van der Waals surface area contributed by atoms with Crippen molar-refractivity contribution in [3.8, 4) is 0 Å². The van der Waals surface area contributed by atoms with E-state index in [9.17, 15) is 43.5 Å². The fraction of sp³-hybridized carbons (Fsp3) is 1.00. The van der Waals surface area contributed by atoms with E-state index in [1.165, 1.54) is 0 Å². The maximum absolute atomic E-state index is 13.5. The second-order valence-corrected chi connectivity index (χ2v) is 6.64. The molecule has 0 N–H and O–H groups in total. The average molecular weight is 349 g/mol. The van der Waals surface area contributed by atoms with Gasteiger partial charge in [-0.3, -0.25) is 0 Å². The lowest BCUT2D eigenvalue weighted by atomic mass is 10.1. The van der Waals surface area contributed by atoms with E-state index in [0.717, 1.165) is 0 Å². The fourth-order valence-corrected chi connectivity index (χ4v) is 3.23. The number of hydrogen-bond acceptors (Lipinski definition) is 2. The third-order valence-electron chi connectivity index (χ3n) is 3.04. The van der Waals surface area contributed by atoms with Gasteiger partial charge in [0.1, 0.15) is 0 Å². The first-order chi connectivity index (χ1) is 9.11. The molecular weight excluding hydrogens is 338 g/mol. The van der Waals surface area contributed by atoms with E-state index in [-0.39, 0.29) is 17.1 Å². The normalized spacial score (nSPS) is 20.0. The van der Waals surface area contributed by atoms with Crippen LogP contribution in [0, 0.1) is 0 Å². The van der Waals surface area contributed by atoms with Crippen LogP contribution in [0.4, 0.5) is 35.1 Å². The minimum Gasteiger partial charge on any atom is -0.206 e. The highest BCUT2D eigenvalue weighted by atomic mass is 32.2. The van der Waals surface area contributed by atoms with Crippen molar-refractivity contribution in [1.82, 2.24) is 4.31 Å². The first-order valence-corrected chi connectivity index (χ1v) is 7.05. The van der Waals surface area contributed by atoms with Gasteiger partial charge >= 0.3 is 23.0 Å². The van der Waals surface area contributed by atoms with Gasteiger partial charge in [-0.25, -0.2) is 8.42 Å². The van der Waals surface area contributed by atoms with Crippen LogP contribution < -0.4 is 0 Å². The molecule has 1 heterocycles. The van der Waals surface area contributed by atoms with Gasteiger partial charge in [-0.05, 0) is 12.8 Å². The molecule has 1 saturated heterocycles. The molecule has 0 unspecified atom stereocenters. The number of rotatable bonds is 5. The topological polar surface area (TPSA) is 37.4 Å². The van der Waals surface area contributed by atoms with Crippen molar-refractivity contribution in [3.05, 3.63) is 0 Å². The maximum atomic E-state index is 13.5. The molecule has 0 aliphatic carbocycles. The standard InChI is InChI=1S/C9H11F8NO2S/c1-6(10,11)7(12,13)8(14,15)9(16,17)21(19,20)18-4-2-3-5-18/h2-5H2,1H3. The highest BCUT2D eigenvalue weighted by molar-refractivity contribution is 7.90. The zero-order valence-electron chi connectivity index (χ0n) is 10.5. The molecular formula is C9H11F8NO2S. The molecule has 0 bridgehead atoms. The largest absolute Gasteiger partial charge is 0.427 e. The Morgan fingerprint density at radius 3 is 1.52 bits per heavy atom. The quantitative estimate of drug-likeness (QED) is 0.716. The molecule has 0 aromatic heterocycles. The molecule has 0 radical (unpaired) electrons. The van der Waals surface area contributed by atoms with Gasteiger partial charge in [-0.2, -0.15) is 39.4 Å². The zero-order chi connectivity index (χ0) is 16.9. The van der Waals surface area contributed by atoms with Crippen LogP contribution in [-0.4, -0.2) is 48.8 Å². The Kier molecular flexibility index (Phi) is 4.32. The molecule has 0 amide bonds. The molecule has 0 aromatic carbocycles. The summed E-state index contributed by atoms with van der Waals surface area (Å²) in [6, 6.07) is 0. The third-order valence-corrected chi connectivity index (χ3v) is 4.99. The van der Waals surface area contributed by atoms with Gasteiger partial charge in [-0.1, -0.05) is 0 Å². The molecule has 0 aromatic rings. The second kappa shape index (κ2) is 4.93. The summed E-state index contributed by atoms with van der Waals surface area (Å²) < 4.78 is 127. The molecule has 1 aliphatic rings. The van der Waals surface area contributed by atoms with Crippen LogP contribution in [0.3, 0.4) is 0 Å². The van der Waals surface area contributed by atoms with Crippen LogP contribution in [0.5, 0.6) is 0 Å². The van der Waals surface area contributed by atoms with Gasteiger partial charge < -0.3 is 0 Å². The van der Waals surface area contributed by atoms with Crippen molar-refractivity contribution >= 4 is 10.0 Å². The number of nitrogens with zero attached hydrogens (tertiary/aromatic N) is 1. The molecule has 21 heavy (non-hydrogen) atoms. The van der Waals surface area contributed by atoms with Crippen LogP contribution in [0.2, 0.25) is 0 Å². The lowest BCUT2D eigenvalue weighted by Gasteiger charge is -2.36. The fourth-order valence-electron chi connectivity index (χ4n) is 1.71. The van der Waals surface area contributed by atoms with Crippen molar-refractivity contribution in [2.24, 2.45) is 0 Å². The zero-order valence-corrected chi connectivity index (χ0v) is 11.3. The average Bonchev–Trinajstić information content (AvgIpc) is 2.80. The summed E-state index contributed by atoms with van der Waals surface area (Å²) >= 11 is 0. The van der Waals surface area contributed by atoms with Gasteiger partial charge in [0, 0.05) is 20.0 Å². The lowest BCUT2D eigenvalue weighted by Crippen LogP contribution is -2.65. The van der Waals surface area contributed by atoms with Gasteiger partial charge in [0.2, 0.25) is 0 Å². The molecule has 0 spiro atoms. The Labute approximate surface area is 114 Å². The summed E-state index contributed by atoms with van der Waals surface area (Å²) in [5.74, 6) is -18.9. The first kappa shape index (κ1) is 18.4. The molecule has 1 fully saturated rings. The predicted molar refractivity (Wildman–Crippen MR) is 55.2 cm³/mol. The second-order valence-electron chi connectivity index (χ2n) is 4.67. The van der Waals surface area contributed by atoms with E-state index in [1.807, 2.05) is 0 Å². The van der Waals surface area contributed by atoms with Gasteiger partial charge in [-0.15, -0.1) is 0 Å². The highest BCUT2D eigenvalue weighted by Crippen LogP contribution is 2.54. The van der Waals surface area contributed by atoms with Crippen molar-refractivity contribution in [1.29, 1.82) is 0 Å². The smallest absolute Gasteiger partial charge is 0.206 e. The molecule has 3 nitrogen and oxygen atoms in total. The Morgan fingerprint density at radius 2 is 1.19 bits per heavy atom. The summed E-state index contributed by atoms with van der Waals surface area (Å²) in [4.78, 5) is 0. The highest BCUT2D eigenvalue weighted by Gasteiger charge is 2.83. The van der Waals surface area contributed by atoms with E-state index in [1.54, 1.807) is 0 Å². The van der Waals surface area contributed by atoms with Crippen molar-refractivity contribution in [2.45, 2.75) is 42.8 Å². The minimum atomic E-state index is -6.78. The van der Waals surface area contributed by atoms with Crippen molar-refractivity contribution in [3.63, 3.8) is 0 Å². The van der Waals surface area contributed by atoms with E-state index >= 15 is 0 Å². The van der Waals surface area contributed by atoms with E-state index in [2.05, 4.69) is 0 Å². The minimum absolute atomic E-state index is 0.0706. The Hall–Kier alpha value is -0.650. The number of sulfonamides is 1. The molecule has 1 rings (SSSR count). The van der Waals surface area contributed by atoms with Gasteiger partial charge in [0.25, 0.3) is 10.0 Å². The molecule has 1 aliphatic heterocycles. The molecule has 0 atom stereocenters. The predicted octanol–water partition coefficient (Wildman–Crippen LogP) is 2.93.